The molecule has 17 heteroatoms. The van der Waals surface area contributed by atoms with Gasteiger partial charge in [-0.05, 0) is 121 Å². The van der Waals surface area contributed by atoms with E-state index in [-0.39, 0.29) is 61.4 Å². The van der Waals surface area contributed by atoms with Gasteiger partial charge in [0.05, 0.1) is 18.2 Å². The summed E-state index contributed by atoms with van der Waals surface area (Å²) >= 11 is 0. The second kappa shape index (κ2) is 27.4. The normalized spacial score (nSPS) is 18.9. The highest BCUT2D eigenvalue weighted by Crippen LogP contribution is 2.28. The van der Waals surface area contributed by atoms with E-state index in [1.54, 1.807) is 33.3 Å². The number of phenols is 1. The number of carbonyl (C=O) groups is 5. The first-order chi connectivity index (χ1) is 29.7. The molecule has 0 saturated heterocycles. The zero-order valence-corrected chi connectivity index (χ0v) is 37.8. The van der Waals surface area contributed by atoms with Crippen LogP contribution in [-0.2, 0) is 36.8 Å². The van der Waals surface area contributed by atoms with Crippen LogP contribution in [-0.4, -0.2) is 144 Å². The summed E-state index contributed by atoms with van der Waals surface area (Å²) in [6.45, 7) is 5.83. The lowest BCUT2D eigenvalue weighted by molar-refractivity contribution is -0.134. The third-order valence-electron chi connectivity index (χ3n) is 11.2. The molecular formula is C45H74N10O7. The first-order valence-corrected chi connectivity index (χ1v) is 22.1. The number of benzene rings is 2. The molecule has 1 aliphatic rings. The molecule has 0 saturated carbocycles. The van der Waals surface area contributed by atoms with Gasteiger partial charge in [0.1, 0.15) is 23.9 Å². The van der Waals surface area contributed by atoms with Crippen LogP contribution in [0.4, 0.5) is 0 Å². The number of nitrogens with one attached hydrogen (secondary N) is 10. The third kappa shape index (κ3) is 17.3. The van der Waals surface area contributed by atoms with Gasteiger partial charge in [0.2, 0.25) is 29.5 Å². The Hall–Kier alpha value is -4.65. The topological polar surface area (TPSA) is 246 Å². The van der Waals surface area contributed by atoms with E-state index < -0.39 is 48.0 Å². The number of amides is 5. The number of aliphatic hydroxyl groups is 1. The number of aliphatic hydroxyl groups excluding tert-OH is 1. The van der Waals surface area contributed by atoms with Crippen LogP contribution in [0, 0.1) is 5.92 Å². The monoisotopic (exact) mass is 867 g/mol. The van der Waals surface area contributed by atoms with E-state index in [1.807, 2.05) is 58.3 Å². The van der Waals surface area contributed by atoms with E-state index in [0.29, 0.717) is 44.3 Å². The summed E-state index contributed by atoms with van der Waals surface area (Å²) < 4.78 is 0. The predicted molar refractivity (Wildman–Crippen MR) is 242 cm³/mol. The fourth-order valence-electron chi connectivity index (χ4n) is 7.58. The standard InChI is InChI=1S/C45H74N10O7/c1-28(2)20-37(42(59)51-19-9-8-15-35(49-6)41(58)52-26-33(48-5)14-11-18-46-3)53-44(61)38-22-29-12-10-13-30(21-29)31-16-17-40(57)32(23-31)24-36(50-7)43(60)55-39(45(62)54-38)25-34(56)27-47-4/h10,12-13,16-17,21,23,28,33-39,46-50,56-57H,8-9,11,14-15,18-20,22,24-27H2,1-7H3,(H,51,59)(H,52,58)(H,53,61)(H,54,62)(H,55,60)/t33-,34+,35-,36-,37-,38-,39-/m0/s1. The molecule has 1 heterocycles. The number of hydrogen-bond donors (Lipinski definition) is 12. The van der Waals surface area contributed by atoms with Gasteiger partial charge in [-0.3, -0.25) is 24.0 Å². The summed E-state index contributed by atoms with van der Waals surface area (Å²) in [6, 6.07) is 8.30. The number of likely N-dealkylation sites (N-methyl/N-ethyl adjacent to an activating group) is 4. The second-order valence-corrected chi connectivity index (χ2v) is 16.7. The molecule has 0 unspecified atom stereocenters. The first-order valence-electron chi connectivity index (χ1n) is 22.1. The summed E-state index contributed by atoms with van der Waals surface area (Å²) in [5.74, 6) is -2.17. The van der Waals surface area contributed by atoms with Crippen LogP contribution >= 0.6 is 0 Å². The van der Waals surface area contributed by atoms with Crippen molar-refractivity contribution in [1.29, 1.82) is 0 Å². The molecule has 1 aliphatic heterocycles. The Balaban J connectivity index is 1.78. The average molecular weight is 867 g/mol. The molecule has 0 spiro atoms. The molecule has 2 aromatic carbocycles. The molecule has 62 heavy (non-hydrogen) atoms. The molecule has 346 valence electrons. The van der Waals surface area contributed by atoms with Crippen molar-refractivity contribution >= 4 is 29.5 Å². The van der Waals surface area contributed by atoms with E-state index in [0.717, 1.165) is 36.1 Å². The Labute approximate surface area is 367 Å². The smallest absolute Gasteiger partial charge is 0.243 e. The van der Waals surface area contributed by atoms with Gasteiger partial charge in [-0.1, -0.05) is 44.2 Å². The summed E-state index contributed by atoms with van der Waals surface area (Å²) in [6.07, 6.45) is 3.14. The molecule has 0 radical (unpaired) electrons. The van der Waals surface area contributed by atoms with Crippen molar-refractivity contribution in [3.05, 3.63) is 53.6 Å². The van der Waals surface area contributed by atoms with E-state index >= 15 is 0 Å². The fourth-order valence-corrected chi connectivity index (χ4v) is 7.58. The Bertz CT molecular complexity index is 1730. The van der Waals surface area contributed by atoms with E-state index in [1.165, 1.54) is 0 Å². The van der Waals surface area contributed by atoms with Crippen LogP contribution < -0.4 is 53.2 Å². The van der Waals surface area contributed by atoms with Crippen LogP contribution in [0.5, 0.6) is 5.75 Å². The highest BCUT2D eigenvalue weighted by Gasteiger charge is 2.33. The first kappa shape index (κ1) is 51.7. The van der Waals surface area contributed by atoms with Crippen LogP contribution in [0.2, 0.25) is 0 Å². The Morgan fingerprint density at radius 2 is 1.52 bits per heavy atom. The van der Waals surface area contributed by atoms with Gasteiger partial charge in [0.15, 0.2) is 0 Å². The molecule has 0 aromatic heterocycles. The quantitative estimate of drug-likeness (QED) is 0.0614. The van der Waals surface area contributed by atoms with Crippen LogP contribution in [0.15, 0.2) is 42.5 Å². The largest absolute Gasteiger partial charge is 0.508 e. The molecule has 4 bridgehead atoms. The fraction of sp³-hybridized carbons (Fsp3) is 0.622. The molecule has 0 fully saturated rings. The highest BCUT2D eigenvalue weighted by atomic mass is 16.3. The highest BCUT2D eigenvalue weighted by molar-refractivity contribution is 5.95. The Kier molecular flexibility index (Phi) is 22.9. The maximum atomic E-state index is 14.3. The van der Waals surface area contributed by atoms with Crippen LogP contribution in [0.1, 0.15) is 69.9 Å². The van der Waals surface area contributed by atoms with Crippen molar-refractivity contribution in [2.45, 2.75) is 114 Å². The molecule has 2 aromatic rings. The van der Waals surface area contributed by atoms with Gasteiger partial charge < -0.3 is 63.4 Å². The van der Waals surface area contributed by atoms with Crippen molar-refractivity contribution in [2.24, 2.45) is 5.92 Å². The molecule has 5 amide bonds. The van der Waals surface area contributed by atoms with Crippen molar-refractivity contribution < 1.29 is 34.2 Å². The molecule has 3 rings (SSSR count). The van der Waals surface area contributed by atoms with Gasteiger partial charge in [-0.2, -0.15) is 0 Å². The summed E-state index contributed by atoms with van der Waals surface area (Å²) in [4.78, 5) is 68.7. The average Bonchev–Trinajstić information content (AvgIpc) is 3.24. The van der Waals surface area contributed by atoms with Crippen molar-refractivity contribution in [3.63, 3.8) is 0 Å². The predicted octanol–water partition coefficient (Wildman–Crippen LogP) is -0.205. The van der Waals surface area contributed by atoms with Gasteiger partial charge in [0.25, 0.3) is 0 Å². The van der Waals surface area contributed by atoms with Crippen molar-refractivity contribution in [1.82, 2.24) is 53.2 Å². The minimum atomic E-state index is -1.23. The molecular weight excluding hydrogens is 793 g/mol. The molecule has 17 nitrogen and oxygen atoms in total. The van der Waals surface area contributed by atoms with Crippen molar-refractivity contribution in [2.75, 3.05) is 61.4 Å². The maximum absolute atomic E-state index is 14.3. The number of fused-ring (bicyclic) bond motifs is 5. The van der Waals surface area contributed by atoms with Crippen LogP contribution in [0.3, 0.4) is 0 Å². The molecule has 12 N–H and O–H groups in total. The number of carbonyl (C=O) groups excluding carboxylic acids is 5. The van der Waals surface area contributed by atoms with Gasteiger partial charge >= 0.3 is 0 Å². The third-order valence-corrected chi connectivity index (χ3v) is 11.2. The van der Waals surface area contributed by atoms with Gasteiger partial charge in [0, 0.05) is 44.9 Å². The maximum Gasteiger partial charge on any atom is 0.243 e. The molecule has 7 atom stereocenters. The van der Waals surface area contributed by atoms with Crippen molar-refractivity contribution in [3.8, 4) is 16.9 Å². The van der Waals surface area contributed by atoms with E-state index in [2.05, 4.69) is 53.2 Å². The Morgan fingerprint density at radius 1 is 0.774 bits per heavy atom. The lowest BCUT2D eigenvalue weighted by Gasteiger charge is -2.28. The molecule has 0 aliphatic carbocycles. The number of rotatable bonds is 24. The number of phenolic OH excluding ortho intramolecular Hbond substituents is 1. The summed E-state index contributed by atoms with van der Waals surface area (Å²) in [5.41, 5.74) is 2.84. The SMILES string of the molecule is CNCCC[C@@H](CNC(=O)[C@H](CCCCNC(=O)[C@H](CC(C)C)NC(=O)[C@@H]1Cc2cccc(c2)-c2ccc(O)c(c2)C[C@H](NC)C(=O)N[C@@H](C[C@@H](O)CNC)C(=O)N1)NC)NC. The lowest BCUT2D eigenvalue weighted by Crippen LogP contribution is -2.59. The minimum Gasteiger partial charge on any atom is -0.508 e. The Morgan fingerprint density at radius 3 is 2.19 bits per heavy atom. The lowest BCUT2D eigenvalue weighted by atomic mass is 9.95. The second-order valence-electron chi connectivity index (χ2n) is 16.7. The van der Waals surface area contributed by atoms with E-state index in [4.69, 9.17) is 0 Å². The number of hydrogen-bond acceptors (Lipinski definition) is 12. The van der Waals surface area contributed by atoms with E-state index in [9.17, 15) is 34.2 Å². The van der Waals surface area contributed by atoms with Crippen LogP contribution in [0.25, 0.3) is 11.1 Å². The van der Waals surface area contributed by atoms with Gasteiger partial charge in [-0.25, -0.2) is 0 Å². The number of aromatic hydroxyl groups is 1. The van der Waals surface area contributed by atoms with Gasteiger partial charge in [-0.15, -0.1) is 0 Å². The zero-order chi connectivity index (χ0) is 45.6. The minimum absolute atomic E-state index is 0.0185. The number of unbranched alkanes of at least 4 members (excludes halogenated alkanes) is 1. The summed E-state index contributed by atoms with van der Waals surface area (Å²) in [5, 5.41) is 51.4. The summed E-state index contributed by atoms with van der Waals surface area (Å²) in [7, 11) is 8.83. The zero-order valence-electron chi connectivity index (χ0n) is 37.8.